The molecule has 148 valence electrons. The van der Waals surface area contributed by atoms with E-state index in [1.165, 1.54) is 5.56 Å². The first kappa shape index (κ1) is 20.0. The van der Waals surface area contributed by atoms with Crippen molar-refractivity contribution >= 4 is 28.5 Å². The van der Waals surface area contributed by atoms with Crippen LogP contribution in [-0.2, 0) is 4.79 Å². The molecule has 0 saturated carbocycles. The molecule has 5 heteroatoms. The van der Waals surface area contributed by atoms with Crippen molar-refractivity contribution in [2.45, 2.75) is 27.2 Å². The van der Waals surface area contributed by atoms with Gasteiger partial charge in [0, 0.05) is 35.4 Å². The largest absolute Gasteiger partial charge is 0.385 e. The average molecular weight is 379 g/mol. The predicted molar refractivity (Wildman–Crippen MR) is 119 cm³/mol. The van der Waals surface area contributed by atoms with Crippen LogP contribution in [-0.4, -0.2) is 37.0 Å². The third-order valence-corrected chi connectivity index (χ3v) is 5.18. The van der Waals surface area contributed by atoms with Crippen molar-refractivity contribution in [3.05, 3.63) is 59.8 Å². The summed E-state index contributed by atoms with van der Waals surface area (Å²) in [5.41, 5.74) is 5.76. The number of amides is 1. The zero-order valence-electron chi connectivity index (χ0n) is 17.0. The minimum Gasteiger partial charge on any atom is -0.385 e. The van der Waals surface area contributed by atoms with E-state index in [0.29, 0.717) is 5.57 Å². The van der Waals surface area contributed by atoms with Gasteiger partial charge in [-0.25, -0.2) is 0 Å². The average Bonchev–Trinajstić information content (AvgIpc) is 3.02. The fraction of sp³-hybridized carbons (Fsp3) is 0.348. The Morgan fingerprint density at radius 2 is 1.89 bits per heavy atom. The highest BCUT2D eigenvalue weighted by Crippen LogP contribution is 2.31. The van der Waals surface area contributed by atoms with Crippen molar-refractivity contribution in [1.82, 2.24) is 4.90 Å². The summed E-state index contributed by atoms with van der Waals surface area (Å²) < 4.78 is 0. The number of aryl methyl sites for hydroxylation is 1. The summed E-state index contributed by atoms with van der Waals surface area (Å²) in [6.07, 6.45) is 2.91. The van der Waals surface area contributed by atoms with E-state index < -0.39 is 0 Å². The van der Waals surface area contributed by atoms with E-state index in [9.17, 15) is 4.79 Å². The number of rotatable bonds is 9. The highest BCUT2D eigenvalue weighted by Gasteiger charge is 2.23. The van der Waals surface area contributed by atoms with Gasteiger partial charge < -0.3 is 20.9 Å². The van der Waals surface area contributed by atoms with Gasteiger partial charge in [0.05, 0.1) is 5.57 Å². The molecule has 5 nitrogen and oxygen atoms in total. The van der Waals surface area contributed by atoms with Crippen LogP contribution in [0.1, 0.15) is 31.4 Å². The molecule has 0 radical (unpaired) electrons. The van der Waals surface area contributed by atoms with Gasteiger partial charge in [0.25, 0.3) is 5.91 Å². The third-order valence-electron chi connectivity index (χ3n) is 5.18. The lowest BCUT2D eigenvalue weighted by molar-refractivity contribution is -0.110. The maximum Gasteiger partial charge on any atom is 0.257 e. The molecular weight excluding hydrogens is 348 g/mol. The molecular formula is C23H30N4O. The summed E-state index contributed by atoms with van der Waals surface area (Å²) >= 11 is 0. The van der Waals surface area contributed by atoms with E-state index >= 15 is 0 Å². The van der Waals surface area contributed by atoms with Crippen LogP contribution in [0.3, 0.4) is 0 Å². The Labute approximate surface area is 167 Å². The van der Waals surface area contributed by atoms with Gasteiger partial charge in [-0.1, -0.05) is 32.0 Å². The SMILES string of the molecule is CCN(CC)CCCNc1ccc(NC=C2C(=O)Nc3ccccc32)cc1C. The van der Waals surface area contributed by atoms with Gasteiger partial charge in [-0.3, -0.25) is 4.79 Å². The Kier molecular flexibility index (Phi) is 6.71. The molecule has 0 saturated heterocycles. The number of anilines is 3. The van der Waals surface area contributed by atoms with Gasteiger partial charge in [-0.15, -0.1) is 0 Å². The van der Waals surface area contributed by atoms with Gasteiger partial charge in [-0.2, -0.15) is 0 Å². The van der Waals surface area contributed by atoms with Crippen LogP contribution >= 0.6 is 0 Å². The molecule has 0 fully saturated rings. The second-order valence-electron chi connectivity index (χ2n) is 7.04. The van der Waals surface area contributed by atoms with Crippen LogP contribution < -0.4 is 16.0 Å². The summed E-state index contributed by atoms with van der Waals surface area (Å²) in [6.45, 7) is 10.8. The Morgan fingerprint density at radius 3 is 2.64 bits per heavy atom. The number of carbonyl (C=O) groups excluding carboxylic acids is 1. The van der Waals surface area contributed by atoms with Crippen molar-refractivity contribution in [2.24, 2.45) is 0 Å². The number of carbonyl (C=O) groups is 1. The summed E-state index contributed by atoms with van der Waals surface area (Å²) in [5.74, 6) is -0.0723. The minimum absolute atomic E-state index is 0.0723. The van der Waals surface area contributed by atoms with Gasteiger partial charge in [0.1, 0.15) is 0 Å². The van der Waals surface area contributed by atoms with Crippen molar-refractivity contribution < 1.29 is 4.79 Å². The third kappa shape index (κ3) is 4.73. The summed E-state index contributed by atoms with van der Waals surface area (Å²) in [7, 11) is 0. The molecule has 0 bridgehead atoms. The number of benzene rings is 2. The fourth-order valence-corrected chi connectivity index (χ4v) is 3.46. The van der Waals surface area contributed by atoms with Gasteiger partial charge in [-0.05, 0) is 62.8 Å². The van der Waals surface area contributed by atoms with E-state index in [0.717, 1.165) is 55.2 Å². The van der Waals surface area contributed by atoms with Crippen LogP contribution in [0.5, 0.6) is 0 Å². The minimum atomic E-state index is -0.0723. The lowest BCUT2D eigenvalue weighted by Gasteiger charge is -2.18. The molecule has 0 spiro atoms. The van der Waals surface area contributed by atoms with E-state index in [1.54, 1.807) is 6.20 Å². The zero-order valence-corrected chi connectivity index (χ0v) is 17.0. The quantitative estimate of drug-likeness (QED) is 0.443. The molecule has 1 aliphatic heterocycles. The van der Waals surface area contributed by atoms with E-state index in [4.69, 9.17) is 0 Å². The van der Waals surface area contributed by atoms with Crippen LogP contribution in [0, 0.1) is 6.92 Å². The molecule has 2 aromatic carbocycles. The smallest absolute Gasteiger partial charge is 0.257 e. The number of fused-ring (bicyclic) bond motifs is 1. The first-order chi connectivity index (χ1) is 13.6. The Morgan fingerprint density at radius 1 is 1.11 bits per heavy atom. The molecule has 3 N–H and O–H groups in total. The molecule has 2 aromatic rings. The Balaban J connectivity index is 1.58. The first-order valence-corrected chi connectivity index (χ1v) is 10.1. The van der Waals surface area contributed by atoms with Crippen LogP contribution in [0.2, 0.25) is 0 Å². The maximum atomic E-state index is 12.2. The Bertz CT molecular complexity index is 855. The van der Waals surface area contributed by atoms with Crippen molar-refractivity contribution in [3.8, 4) is 0 Å². The topological polar surface area (TPSA) is 56.4 Å². The lowest BCUT2D eigenvalue weighted by atomic mass is 10.1. The zero-order chi connectivity index (χ0) is 19.9. The van der Waals surface area contributed by atoms with Gasteiger partial charge >= 0.3 is 0 Å². The number of hydrogen-bond acceptors (Lipinski definition) is 4. The van der Waals surface area contributed by atoms with Crippen LogP contribution in [0.15, 0.2) is 48.7 Å². The summed E-state index contributed by atoms with van der Waals surface area (Å²) in [6, 6.07) is 14.0. The molecule has 0 aliphatic carbocycles. The second kappa shape index (κ2) is 9.42. The molecule has 3 rings (SSSR count). The lowest BCUT2D eigenvalue weighted by Crippen LogP contribution is -2.25. The number of nitrogens with one attached hydrogen (secondary N) is 3. The van der Waals surface area contributed by atoms with Crippen molar-refractivity contribution in [1.29, 1.82) is 0 Å². The normalized spacial score (nSPS) is 14.3. The van der Waals surface area contributed by atoms with Crippen LogP contribution in [0.4, 0.5) is 17.1 Å². The maximum absolute atomic E-state index is 12.2. The summed E-state index contributed by atoms with van der Waals surface area (Å²) in [5, 5.41) is 9.68. The summed E-state index contributed by atoms with van der Waals surface area (Å²) in [4.78, 5) is 14.6. The van der Waals surface area contributed by atoms with Gasteiger partial charge in [0.2, 0.25) is 0 Å². The Hall–Kier alpha value is -2.79. The number of hydrogen-bond donors (Lipinski definition) is 3. The standard InChI is InChI=1S/C23H30N4O/c1-4-27(5-2)14-8-13-24-21-12-11-18(15-17(21)3)25-16-20-19-9-6-7-10-22(19)26-23(20)28/h6-7,9-12,15-16,24-25H,4-5,8,13-14H2,1-3H3,(H,26,28). The first-order valence-electron chi connectivity index (χ1n) is 10.1. The molecule has 0 atom stereocenters. The van der Waals surface area contributed by atoms with Crippen molar-refractivity contribution in [2.75, 3.05) is 42.1 Å². The molecule has 0 unspecified atom stereocenters. The van der Waals surface area contributed by atoms with Crippen molar-refractivity contribution in [3.63, 3.8) is 0 Å². The molecule has 1 aliphatic rings. The molecule has 28 heavy (non-hydrogen) atoms. The molecule has 1 heterocycles. The monoisotopic (exact) mass is 378 g/mol. The number of nitrogens with zero attached hydrogens (tertiary/aromatic N) is 1. The van der Waals surface area contributed by atoms with E-state index in [-0.39, 0.29) is 5.91 Å². The van der Waals surface area contributed by atoms with Gasteiger partial charge in [0.15, 0.2) is 0 Å². The van der Waals surface area contributed by atoms with Crippen LogP contribution in [0.25, 0.3) is 5.57 Å². The second-order valence-corrected chi connectivity index (χ2v) is 7.04. The predicted octanol–water partition coefficient (Wildman–Crippen LogP) is 4.54. The number of para-hydroxylation sites is 1. The molecule has 1 amide bonds. The van der Waals surface area contributed by atoms with E-state index in [1.807, 2.05) is 30.3 Å². The fourth-order valence-electron chi connectivity index (χ4n) is 3.46. The van der Waals surface area contributed by atoms with E-state index in [2.05, 4.69) is 53.8 Å². The highest BCUT2D eigenvalue weighted by molar-refractivity contribution is 6.31. The molecule has 0 aromatic heterocycles. The highest BCUT2D eigenvalue weighted by atomic mass is 16.2.